The smallest absolute Gasteiger partial charge is 0.251 e. The highest BCUT2D eigenvalue weighted by atomic mass is 19.1. The third kappa shape index (κ3) is 4.71. The van der Waals surface area contributed by atoms with Gasteiger partial charge in [0, 0.05) is 24.7 Å². The summed E-state index contributed by atoms with van der Waals surface area (Å²) in [5.41, 5.74) is 0.787. The zero-order valence-corrected chi connectivity index (χ0v) is 14.5. The predicted octanol–water partition coefficient (Wildman–Crippen LogP) is 2.60. The maximum Gasteiger partial charge on any atom is 0.251 e. The van der Waals surface area contributed by atoms with Crippen molar-refractivity contribution in [1.82, 2.24) is 10.6 Å². The van der Waals surface area contributed by atoms with Crippen LogP contribution < -0.4 is 15.5 Å². The van der Waals surface area contributed by atoms with Crippen molar-refractivity contribution in [3.05, 3.63) is 29.6 Å². The average Bonchev–Trinajstić information content (AvgIpc) is 3.15. The third-order valence-corrected chi connectivity index (χ3v) is 5.04. The van der Waals surface area contributed by atoms with E-state index in [2.05, 4.69) is 10.6 Å². The van der Waals surface area contributed by atoms with Gasteiger partial charge in [0.05, 0.1) is 12.2 Å². The number of benzene rings is 1. The first kappa shape index (κ1) is 17.7. The molecule has 0 aromatic heterocycles. The quantitative estimate of drug-likeness (QED) is 0.861. The monoisotopic (exact) mass is 347 g/mol. The molecule has 1 saturated carbocycles. The van der Waals surface area contributed by atoms with Crippen LogP contribution in [0.15, 0.2) is 18.2 Å². The molecule has 0 unspecified atom stereocenters. The second kappa shape index (κ2) is 8.32. The molecule has 1 saturated heterocycles. The minimum Gasteiger partial charge on any atom is -0.369 e. The van der Waals surface area contributed by atoms with Gasteiger partial charge in [-0.2, -0.15) is 0 Å². The van der Waals surface area contributed by atoms with Crippen molar-refractivity contribution in [2.45, 2.75) is 51.0 Å². The molecule has 136 valence electrons. The van der Waals surface area contributed by atoms with E-state index in [1.165, 1.54) is 12.5 Å². The van der Waals surface area contributed by atoms with Crippen LogP contribution in [0.1, 0.15) is 55.3 Å². The number of amides is 2. The highest BCUT2D eigenvalue weighted by Crippen LogP contribution is 2.24. The maximum absolute atomic E-state index is 14.3. The van der Waals surface area contributed by atoms with Gasteiger partial charge in [-0.25, -0.2) is 4.39 Å². The van der Waals surface area contributed by atoms with Gasteiger partial charge in [-0.15, -0.1) is 0 Å². The Hall–Kier alpha value is -2.11. The number of hydrogen-bond acceptors (Lipinski definition) is 3. The van der Waals surface area contributed by atoms with Crippen molar-refractivity contribution in [2.75, 3.05) is 24.5 Å². The summed E-state index contributed by atoms with van der Waals surface area (Å²) in [5, 5.41) is 5.52. The molecule has 1 aromatic carbocycles. The Bertz CT molecular complexity index is 623. The van der Waals surface area contributed by atoms with Crippen LogP contribution in [0.4, 0.5) is 10.1 Å². The van der Waals surface area contributed by atoms with Crippen LogP contribution in [0, 0.1) is 5.82 Å². The molecule has 1 aliphatic heterocycles. The van der Waals surface area contributed by atoms with Crippen LogP contribution in [0.2, 0.25) is 0 Å². The second-order valence-corrected chi connectivity index (χ2v) is 6.95. The van der Waals surface area contributed by atoms with Gasteiger partial charge in [-0.05, 0) is 43.9 Å². The Labute approximate surface area is 148 Å². The lowest BCUT2D eigenvalue weighted by molar-refractivity contribution is -0.121. The maximum atomic E-state index is 14.3. The van der Waals surface area contributed by atoms with Gasteiger partial charge in [0.2, 0.25) is 5.91 Å². The fraction of sp³-hybridized carbons (Fsp3) is 0.579. The number of hydrogen-bond donors (Lipinski definition) is 2. The van der Waals surface area contributed by atoms with Gasteiger partial charge in [0.15, 0.2) is 0 Å². The Balaban J connectivity index is 1.50. The molecule has 6 heteroatoms. The summed E-state index contributed by atoms with van der Waals surface area (Å²) < 4.78 is 14.3. The normalized spacial score (nSPS) is 18.2. The molecular weight excluding hydrogens is 321 g/mol. The number of anilines is 1. The number of carbonyl (C=O) groups excluding carboxylic acids is 2. The largest absolute Gasteiger partial charge is 0.369 e. The van der Waals surface area contributed by atoms with Crippen LogP contribution in [-0.4, -0.2) is 37.5 Å². The lowest BCUT2D eigenvalue weighted by atomic mass is 9.95. The molecule has 5 nitrogen and oxygen atoms in total. The Morgan fingerprint density at radius 2 is 1.80 bits per heavy atom. The standard InChI is InChI=1S/C19H26FN3O2/c20-16-12-14(8-9-17(16)23-10-4-5-11-23)19(25)21-13-18(24)22-15-6-2-1-3-7-15/h8-9,12,15H,1-7,10-11,13H2,(H,21,25)(H,22,24). The average molecular weight is 347 g/mol. The van der Waals surface area contributed by atoms with E-state index in [-0.39, 0.29) is 29.9 Å². The van der Waals surface area contributed by atoms with Crippen LogP contribution >= 0.6 is 0 Å². The van der Waals surface area contributed by atoms with Crippen LogP contribution in [0.3, 0.4) is 0 Å². The fourth-order valence-corrected chi connectivity index (χ4v) is 3.65. The van der Waals surface area contributed by atoms with Crippen molar-refractivity contribution in [1.29, 1.82) is 0 Å². The van der Waals surface area contributed by atoms with Gasteiger partial charge in [-0.1, -0.05) is 19.3 Å². The van der Waals surface area contributed by atoms with Gasteiger partial charge < -0.3 is 15.5 Å². The number of halogens is 1. The molecule has 0 radical (unpaired) electrons. The molecule has 25 heavy (non-hydrogen) atoms. The molecule has 1 heterocycles. The first-order valence-electron chi connectivity index (χ1n) is 9.25. The molecule has 0 atom stereocenters. The Morgan fingerprint density at radius 1 is 1.08 bits per heavy atom. The van der Waals surface area contributed by atoms with E-state index in [9.17, 15) is 14.0 Å². The van der Waals surface area contributed by atoms with Gasteiger partial charge in [0.1, 0.15) is 5.82 Å². The molecule has 2 aliphatic rings. The van der Waals surface area contributed by atoms with Gasteiger partial charge in [-0.3, -0.25) is 9.59 Å². The van der Waals surface area contributed by atoms with Crippen molar-refractivity contribution >= 4 is 17.5 Å². The molecule has 2 N–H and O–H groups in total. The van der Waals surface area contributed by atoms with Crippen molar-refractivity contribution < 1.29 is 14.0 Å². The van der Waals surface area contributed by atoms with Crippen LogP contribution in [0.5, 0.6) is 0 Å². The van der Waals surface area contributed by atoms with E-state index in [4.69, 9.17) is 0 Å². The summed E-state index contributed by atoms with van der Waals surface area (Å²) in [6.07, 6.45) is 7.64. The highest BCUT2D eigenvalue weighted by Gasteiger charge is 2.19. The summed E-state index contributed by atoms with van der Waals surface area (Å²) in [6.45, 7) is 1.62. The summed E-state index contributed by atoms with van der Waals surface area (Å²) in [5.74, 6) is -0.999. The summed E-state index contributed by atoms with van der Waals surface area (Å²) in [4.78, 5) is 26.1. The second-order valence-electron chi connectivity index (χ2n) is 6.95. The fourth-order valence-electron chi connectivity index (χ4n) is 3.65. The highest BCUT2D eigenvalue weighted by molar-refractivity contribution is 5.96. The molecule has 1 aliphatic carbocycles. The topological polar surface area (TPSA) is 61.4 Å². The minimum absolute atomic E-state index is 0.0785. The van der Waals surface area contributed by atoms with Crippen molar-refractivity contribution in [3.8, 4) is 0 Å². The van der Waals surface area contributed by atoms with Crippen molar-refractivity contribution in [3.63, 3.8) is 0 Å². The van der Waals surface area contributed by atoms with E-state index < -0.39 is 5.91 Å². The van der Waals surface area contributed by atoms with E-state index in [0.29, 0.717) is 5.69 Å². The van der Waals surface area contributed by atoms with E-state index in [1.807, 2.05) is 4.90 Å². The minimum atomic E-state index is -0.425. The Morgan fingerprint density at radius 3 is 2.48 bits per heavy atom. The summed E-state index contributed by atoms with van der Waals surface area (Å²) >= 11 is 0. The molecule has 2 fully saturated rings. The van der Waals surface area contributed by atoms with Crippen molar-refractivity contribution in [2.24, 2.45) is 0 Å². The van der Waals surface area contributed by atoms with Crippen LogP contribution in [0.25, 0.3) is 0 Å². The first-order chi connectivity index (χ1) is 12.1. The summed E-state index contributed by atoms with van der Waals surface area (Å²) in [6, 6.07) is 4.74. The number of carbonyl (C=O) groups is 2. The van der Waals surface area contributed by atoms with E-state index in [0.717, 1.165) is 51.6 Å². The molecule has 0 spiro atoms. The zero-order valence-electron chi connectivity index (χ0n) is 14.5. The third-order valence-electron chi connectivity index (χ3n) is 5.04. The van der Waals surface area contributed by atoms with E-state index >= 15 is 0 Å². The van der Waals surface area contributed by atoms with Gasteiger partial charge in [0.25, 0.3) is 5.91 Å². The molecule has 1 aromatic rings. The molecule has 2 amide bonds. The van der Waals surface area contributed by atoms with E-state index in [1.54, 1.807) is 12.1 Å². The summed E-state index contributed by atoms with van der Waals surface area (Å²) in [7, 11) is 0. The Kier molecular flexibility index (Phi) is 5.89. The lowest BCUT2D eigenvalue weighted by Crippen LogP contribution is -2.42. The van der Waals surface area contributed by atoms with Gasteiger partial charge >= 0.3 is 0 Å². The number of nitrogens with zero attached hydrogens (tertiary/aromatic N) is 1. The molecular formula is C19H26FN3O2. The SMILES string of the molecule is O=C(CNC(=O)c1ccc(N2CCCC2)c(F)c1)NC1CCCCC1. The number of rotatable bonds is 5. The zero-order chi connectivity index (χ0) is 17.6. The van der Waals surface area contributed by atoms with Crippen LogP contribution in [-0.2, 0) is 4.79 Å². The lowest BCUT2D eigenvalue weighted by Gasteiger charge is -2.22. The number of nitrogens with one attached hydrogen (secondary N) is 2. The first-order valence-corrected chi connectivity index (χ1v) is 9.25. The molecule has 3 rings (SSSR count). The predicted molar refractivity (Wildman–Crippen MR) is 95.2 cm³/mol. The molecule has 0 bridgehead atoms.